The summed E-state index contributed by atoms with van der Waals surface area (Å²) in [5, 5.41) is 15.5. The van der Waals surface area contributed by atoms with E-state index in [1.807, 2.05) is 65.2 Å². The SMILES string of the molecule is CCCCc1ncc(C(=O)N[C@@H](CC(=O)N[C@H](CSC(C)=O)Cc2ccccc2)Cc2ccccc2)n1Cc1ccc(C(=O)O)cc1. The van der Waals surface area contributed by atoms with Gasteiger partial charge in [0, 0.05) is 44.1 Å². The van der Waals surface area contributed by atoms with Crippen LogP contribution in [0.1, 0.15) is 76.5 Å². The first-order chi connectivity index (χ1) is 22.7. The molecule has 4 aromatic rings. The van der Waals surface area contributed by atoms with Gasteiger partial charge in [0.15, 0.2) is 5.12 Å². The highest BCUT2D eigenvalue weighted by atomic mass is 32.2. The van der Waals surface area contributed by atoms with Crippen molar-refractivity contribution in [2.75, 3.05) is 5.75 Å². The van der Waals surface area contributed by atoms with Crippen molar-refractivity contribution in [1.82, 2.24) is 20.2 Å². The number of carbonyl (C=O) groups excluding carboxylic acids is 3. The van der Waals surface area contributed by atoms with Crippen LogP contribution in [0.25, 0.3) is 0 Å². The summed E-state index contributed by atoms with van der Waals surface area (Å²) in [5.74, 6) is -0.349. The second kappa shape index (κ2) is 17.9. The Hall–Kier alpha value is -4.70. The summed E-state index contributed by atoms with van der Waals surface area (Å²) in [6.45, 7) is 3.95. The highest BCUT2D eigenvalue weighted by molar-refractivity contribution is 8.13. The Morgan fingerprint density at radius 1 is 0.830 bits per heavy atom. The normalized spacial score (nSPS) is 12.2. The molecule has 1 aromatic heterocycles. The summed E-state index contributed by atoms with van der Waals surface area (Å²) >= 11 is 1.18. The number of amides is 2. The fourth-order valence-corrected chi connectivity index (χ4v) is 5.99. The molecular weight excluding hydrogens is 612 g/mol. The van der Waals surface area contributed by atoms with E-state index in [1.165, 1.54) is 18.7 Å². The number of aryl methyl sites for hydroxylation is 1. The number of nitrogens with one attached hydrogen (secondary N) is 2. The van der Waals surface area contributed by atoms with Gasteiger partial charge < -0.3 is 20.3 Å². The Kier molecular flexibility index (Phi) is 13.4. The summed E-state index contributed by atoms with van der Waals surface area (Å²) in [5.41, 5.74) is 3.44. The number of imidazole rings is 1. The van der Waals surface area contributed by atoms with E-state index in [4.69, 9.17) is 0 Å². The maximum absolute atomic E-state index is 13.9. The molecule has 0 aliphatic rings. The van der Waals surface area contributed by atoms with E-state index in [0.717, 1.165) is 35.4 Å². The van der Waals surface area contributed by atoms with Crippen molar-refractivity contribution in [1.29, 1.82) is 0 Å². The summed E-state index contributed by atoms with van der Waals surface area (Å²) in [6, 6.07) is 25.3. The van der Waals surface area contributed by atoms with E-state index < -0.39 is 12.0 Å². The minimum atomic E-state index is -1.000. The molecule has 0 bridgehead atoms. The zero-order valence-electron chi connectivity index (χ0n) is 26.9. The molecule has 47 heavy (non-hydrogen) atoms. The fraction of sp³-hybridized carbons (Fsp3) is 0.324. The Balaban J connectivity index is 1.54. The van der Waals surface area contributed by atoms with E-state index in [-0.39, 0.29) is 35.0 Å². The molecule has 0 aliphatic carbocycles. The van der Waals surface area contributed by atoms with Crippen LogP contribution in [-0.2, 0) is 35.4 Å². The summed E-state index contributed by atoms with van der Waals surface area (Å²) in [4.78, 5) is 55.1. The zero-order valence-corrected chi connectivity index (χ0v) is 27.7. The third-order valence-corrected chi connectivity index (χ3v) is 8.71. The smallest absolute Gasteiger partial charge is 0.335 e. The molecule has 0 spiro atoms. The van der Waals surface area contributed by atoms with Gasteiger partial charge in [0.05, 0.1) is 11.8 Å². The van der Waals surface area contributed by atoms with E-state index in [0.29, 0.717) is 37.3 Å². The van der Waals surface area contributed by atoms with Gasteiger partial charge >= 0.3 is 5.97 Å². The summed E-state index contributed by atoms with van der Waals surface area (Å²) in [6.07, 6.45) is 5.19. The van der Waals surface area contributed by atoms with Crippen molar-refractivity contribution in [2.45, 2.75) is 71.0 Å². The molecule has 0 saturated carbocycles. The summed E-state index contributed by atoms with van der Waals surface area (Å²) < 4.78 is 1.87. The van der Waals surface area contributed by atoms with Gasteiger partial charge in [0.1, 0.15) is 11.5 Å². The maximum atomic E-state index is 13.9. The lowest BCUT2D eigenvalue weighted by Gasteiger charge is -2.22. The third kappa shape index (κ3) is 11.2. The van der Waals surface area contributed by atoms with Gasteiger partial charge in [-0.05, 0) is 48.1 Å². The standard InChI is InChI=1S/C37H42N4O5S/c1-3-4-15-34-38-23-33(41(34)24-29-16-18-30(19-17-29)37(45)46)36(44)40-31(20-27-11-7-5-8-12-27)22-35(43)39-32(25-47-26(2)42)21-28-13-9-6-10-14-28/h5-14,16-19,23,31-32H,3-4,15,20-22,24-25H2,1-2H3,(H,39,43)(H,40,44)(H,45,46)/t31-,32+/m1/s1. The van der Waals surface area contributed by atoms with Crippen LogP contribution in [0.3, 0.4) is 0 Å². The molecule has 246 valence electrons. The number of thioether (sulfide) groups is 1. The number of hydrogen-bond donors (Lipinski definition) is 3. The van der Waals surface area contributed by atoms with Crippen LogP contribution in [0, 0.1) is 0 Å². The minimum Gasteiger partial charge on any atom is -0.478 e. The van der Waals surface area contributed by atoms with Crippen LogP contribution >= 0.6 is 11.8 Å². The molecule has 3 aromatic carbocycles. The predicted octanol–water partition coefficient (Wildman–Crippen LogP) is 5.71. The Labute approximate surface area is 280 Å². The fourth-order valence-electron chi connectivity index (χ4n) is 5.35. The van der Waals surface area contributed by atoms with Crippen LogP contribution in [0.2, 0.25) is 0 Å². The topological polar surface area (TPSA) is 130 Å². The molecule has 10 heteroatoms. The van der Waals surface area contributed by atoms with Crippen LogP contribution in [0.5, 0.6) is 0 Å². The lowest BCUT2D eigenvalue weighted by molar-refractivity contribution is -0.122. The number of carboxylic acids is 1. The number of carboxylic acid groups (broad SMARTS) is 1. The van der Waals surface area contributed by atoms with E-state index in [1.54, 1.807) is 30.5 Å². The van der Waals surface area contributed by atoms with Gasteiger partial charge in [-0.3, -0.25) is 14.4 Å². The third-order valence-electron chi connectivity index (χ3n) is 7.74. The molecular formula is C37H42N4O5S. The molecule has 0 radical (unpaired) electrons. The van der Waals surface area contributed by atoms with Gasteiger partial charge in [-0.2, -0.15) is 0 Å². The van der Waals surface area contributed by atoms with Crippen molar-refractivity contribution in [3.05, 3.63) is 125 Å². The van der Waals surface area contributed by atoms with E-state index in [9.17, 15) is 24.3 Å². The molecule has 9 nitrogen and oxygen atoms in total. The van der Waals surface area contributed by atoms with Gasteiger partial charge in [-0.1, -0.05) is 97.9 Å². The first-order valence-corrected chi connectivity index (χ1v) is 16.9. The first-order valence-electron chi connectivity index (χ1n) is 15.9. The zero-order chi connectivity index (χ0) is 33.6. The first kappa shape index (κ1) is 35.2. The number of unbranched alkanes of at least 4 members (excludes halogenated alkanes) is 1. The van der Waals surface area contributed by atoms with Gasteiger partial charge in [0.2, 0.25) is 5.91 Å². The van der Waals surface area contributed by atoms with Crippen molar-refractivity contribution >= 4 is 34.7 Å². The Morgan fingerprint density at radius 3 is 2.02 bits per heavy atom. The van der Waals surface area contributed by atoms with E-state index >= 15 is 0 Å². The van der Waals surface area contributed by atoms with Gasteiger partial charge in [-0.25, -0.2) is 9.78 Å². The van der Waals surface area contributed by atoms with Crippen LogP contribution in [0.4, 0.5) is 0 Å². The Bertz CT molecular complexity index is 1620. The van der Waals surface area contributed by atoms with Crippen LogP contribution in [-0.4, -0.2) is 55.4 Å². The van der Waals surface area contributed by atoms with Gasteiger partial charge in [-0.15, -0.1) is 0 Å². The molecule has 3 N–H and O–H groups in total. The molecule has 0 aliphatic heterocycles. The molecule has 2 amide bonds. The van der Waals surface area contributed by atoms with Crippen LogP contribution < -0.4 is 10.6 Å². The van der Waals surface area contributed by atoms with E-state index in [2.05, 4.69) is 22.5 Å². The number of carbonyl (C=O) groups is 4. The van der Waals surface area contributed by atoms with Crippen molar-refractivity contribution in [3.8, 4) is 0 Å². The molecule has 0 unspecified atom stereocenters. The maximum Gasteiger partial charge on any atom is 0.335 e. The number of hydrogen-bond acceptors (Lipinski definition) is 6. The van der Waals surface area contributed by atoms with Gasteiger partial charge in [0.25, 0.3) is 5.91 Å². The average molecular weight is 655 g/mol. The van der Waals surface area contributed by atoms with Crippen molar-refractivity contribution < 1.29 is 24.3 Å². The molecule has 2 atom stereocenters. The second-order valence-corrected chi connectivity index (χ2v) is 12.8. The van der Waals surface area contributed by atoms with Crippen molar-refractivity contribution in [2.24, 2.45) is 0 Å². The lowest BCUT2D eigenvalue weighted by atomic mass is 10.0. The summed E-state index contributed by atoms with van der Waals surface area (Å²) in [7, 11) is 0. The molecule has 4 rings (SSSR count). The highest BCUT2D eigenvalue weighted by Gasteiger charge is 2.24. The number of aromatic nitrogens is 2. The molecule has 0 fully saturated rings. The minimum absolute atomic E-state index is 0.0146. The molecule has 1 heterocycles. The average Bonchev–Trinajstić information content (AvgIpc) is 3.45. The Morgan fingerprint density at radius 2 is 1.45 bits per heavy atom. The number of nitrogens with zero attached hydrogens (tertiary/aromatic N) is 2. The molecule has 0 saturated heterocycles. The highest BCUT2D eigenvalue weighted by Crippen LogP contribution is 2.16. The van der Waals surface area contributed by atoms with Crippen LogP contribution in [0.15, 0.2) is 91.1 Å². The lowest BCUT2D eigenvalue weighted by Crippen LogP contribution is -2.44. The number of benzene rings is 3. The second-order valence-electron chi connectivity index (χ2n) is 11.6. The largest absolute Gasteiger partial charge is 0.478 e. The monoisotopic (exact) mass is 654 g/mol. The quantitative estimate of drug-likeness (QED) is 0.133. The predicted molar refractivity (Wildman–Crippen MR) is 185 cm³/mol. The number of aromatic carboxylic acids is 1. The van der Waals surface area contributed by atoms with Crippen molar-refractivity contribution in [3.63, 3.8) is 0 Å². The number of rotatable bonds is 17.